The smallest absolute Gasteiger partial charge is 0.243 e. The standard InChI is InChI=1S/C18H15F2N3O/c19-14-8-13-4-2-6-23(18(13)16(20)9-14)11-17(24)22-15-5-1-3-12(7-15)10-21/h1,3,5,7-9H,2,4,6,11H2,(H,22,24). The van der Waals surface area contributed by atoms with Crippen LogP contribution in [0.25, 0.3) is 0 Å². The lowest BCUT2D eigenvalue weighted by atomic mass is 10.0. The fourth-order valence-electron chi connectivity index (χ4n) is 2.93. The van der Waals surface area contributed by atoms with E-state index in [1.54, 1.807) is 29.2 Å². The van der Waals surface area contributed by atoms with Crippen LogP contribution in [0.2, 0.25) is 0 Å². The Bertz CT molecular complexity index is 829. The summed E-state index contributed by atoms with van der Waals surface area (Å²) in [5.41, 5.74) is 1.83. The molecule has 0 fully saturated rings. The van der Waals surface area contributed by atoms with E-state index in [4.69, 9.17) is 5.26 Å². The van der Waals surface area contributed by atoms with Crippen LogP contribution in [0.1, 0.15) is 17.5 Å². The summed E-state index contributed by atoms with van der Waals surface area (Å²) in [4.78, 5) is 13.9. The van der Waals surface area contributed by atoms with E-state index in [0.29, 0.717) is 35.5 Å². The van der Waals surface area contributed by atoms with Gasteiger partial charge in [-0.2, -0.15) is 5.26 Å². The van der Waals surface area contributed by atoms with Crippen LogP contribution in [-0.2, 0) is 11.2 Å². The maximum Gasteiger partial charge on any atom is 0.243 e. The molecule has 24 heavy (non-hydrogen) atoms. The molecule has 1 aliphatic rings. The van der Waals surface area contributed by atoms with Gasteiger partial charge in [0.15, 0.2) is 0 Å². The number of fused-ring (bicyclic) bond motifs is 1. The summed E-state index contributed by atoms with van der Waals surface area (Å²) in [6.07, 6.45) is 1.32. The van der Waals surface area contributed by atoms with Crippen molar-refractivity contribution in [1.29, 1.82) is 5.26 Å². The Morgan fingerprint density at radius 1 is 1.29 bits per heavy atom. The summed E-state index contributed by atoms with van der Waals surface area (Å²) in [5.74, 6) is -1.57. The van der Waals surface area contributed by atoms with Crippen LogP contribution in [0.5, 0.6) is 0 Å². The molecule has 2 aromatic rings. The van der Waals surface area contributed by atoms with E-state index in [9.17, 15) is 13.6 Å². The highest BCUT2D eigenvalue weighted by molar-refractivity contribution is 5.94. The topological polar surface area (TPSA) is 56.1 Å². The number of hydrogen-bond acceptors (Lipinski definition) is 3. The molecule has 0 bridgehead atoms. The molecule has 0 aromatic heterocycles. The van der Waals surface area contributed by atoms with Crippen LogP contribution in [0.4, 0.5) is 20.2 Å². The van der Waals surface area contributed by atoms with Gasteiger partial charge in [-0.05, 0) is 42.7 Å². The van der Waals surface area contributed by atoms with E-state index in [0.717, 1.165) is 12.5 Å². The number of carbonyl (C=O) groups is 1. The van der Waals surface area contributed by atoms with Crippen molar-refractivity contribution >= 4 is 17.3 Å². The first kappa shape index (κ1) is 15.9. The second-order valence-electron chi connectivity index (χ2n) is 5.66. The maximum absolute atomic E-state index is 14.1. The number of rotatable bonds is 3. The molecule has 1 N–H and O–H groups in total. The van der Waals surface area contributed by atoms with Crippen molar-refractivity contribution in [1.82, 2.24) is 0 Å². The van der Waals surface area contributed by atoms with Crippen molar-refractivity contribution in [3.63, 3.8) is 0 Å². The molecule has 122 valence electrons. The Hall–Kier alpha value is -2.94. The number of amides is 1. The lowest BCUT2D eigenvalue weighted by Crippen LogP contribution is -2.37. The van der Waals surface area contributed by atoms with Crippen LogP contribution in [0.3, 0.4) is 0 Å². The molecule has 0 atom stereocenters. The number of anilines is 2. The lowest BCUT2D eigenvalue weighted by Gasteiger charge is -2.31. The van der Waals surface area contributed by atoms with E-state index in [2.05, 4.69) is 5.32 Å². The largest absolute Gasteiger partial charge is 0.360 e. The van der Waals surface area contributed by atoms with Gasteiger partial charge in [-0.15, -0.1) is 0 Å². The molecule has 0 spiro atoms. The quantitative estimate of drug-likeness (QED) is 0.942. The molecule has 3 rings (SSSR count). The zero-order valence-corrected chi connectivity index (χ0v) is 12.9. The van der Waals surface area contributed by atoms with Crippen LogP contribution >= 0.6 is 0 Å². The number of nitriles is 1. The number of halogens is 2. The molecule has 0 unspecified atom stereocenters. The number of aryl methyl sites for hydroxylation is 1. The van der Waals surface area contributed by atoms with Gasteiger partial charge < -0.3 is 10.2 Å². The van der Waals surface area contributed by atoms with Crippen LogP contribution < -0.4 is 10.2 Å². The molecule has 4 nitrogen and oxygen atoms in total. The highest BCUT2D eigenvalue weighted by Gasteiger charge is 2.23. The molecule has 2 aromatic carbocycles. The van der Waals surface area contributed by atoms with Crippen molar-refractivity contribution in [3.8, 4) is 6.07 Å². The zero-order valence-electron chi connectivity index (χ0n) is 12.9. The van der Waals surface area contributed by atoms with Crippen LogP contribution in [0.15, 0.2) is 36.4 Å². The number of nitrogens with zero attached hydrogens (tertiary/aromatic N) is 2. The average molecular weight is 327 g/mol. The SMILES string of the molecule is N#Cc1cccc(NC(=O)CN2CCCc3cc(F)cc(F)c32)c1. The minimum Gasteiger partial charge on any atom is -0.360 e. The molecule has 0 saturated heterocycles. The van der Waals surface area contributed by atoms with E-state index in [-0.39, 0.29) is 12.5 Å². The van der Waals surface area contributed by atoms with Gasteiger partial charge in [0.25, 0.3) is 0 Å². The summed E-state index contributed by atoms with van der Waals surface area (Å²) < 4.78 is 27.4. The summed E-state index contributed by atoms with van der Waals surface area (Å²) in [6, 6.07) is 10.7. The summed E-state index contributed by atoms with van der Waals surface area (Å²) in [6.45, 7) is 0.494. The van der Waals surface area contributed by atoms with Crippen molar-refractivity contribution in [3.05, 3.63) is 59.2 Å². The van der Waals surface area contributed by atoms with E-state index in [1.165, 1.54) is 6.07 Å². The fourth-order valence-corrected chi connectivity index (χ4v) is 2.93. The Morgan fingerprint density at radius 3 is 2.92 bits per heavy atom. The molecule has 1 amide bonds. The molecular formula is C18H15F2N3O. The minimum atomic E-state index is -0.649. The highest BCUT2D eigenvalue weighted by atomic mass is 19.1. The van der Waals surface area contributed by atoms with Gasteiger partial charge in [-0.25, -0.2) is 8.78 Å². The third kappa shape index (κ3) is 3.35. The number of benzene rings is 2. The van der Waals surface area contributed by atoms with Gasteiger partial charge in [-0.3, -0.25) is 4.79 Å². The Balaban J connectivity index is 1.75. The van der Waals surface area contributed by atoms with Crippen LogP contribution in [0, 0.1) is 23.0 Å². The predicted octanol–water partition coefficient (Wildman–Crippen LogP) is 3.23. The average Bonchev–Trinajstić information content (AvgIpc) is 2.54. The van der Waals surface area contributed by atoms with Crippen molar-refractivity contribution in [2.75, 3.05) is 23.3 Å². The molecule has 0 radical (unpaired) electrons. The van der Waals surface area contributed by atoms with Crippen molar-refractivity contribution in [2.45, 2.75) is 12.8 Å². The van der Waals surface area contributed by atoms with Crippen LogP contribution in [-0.4, -0.2) is 19.0 Å². The first-order valence-corrected chi connectivity index (χ1v) is 7.59. The first-order valence-electron chi connectivity index (χ1n) is 7.59. The number of nitrogens with one attached hydrogen (secondary N) is 1. The summed E-state index contributed by atoms with van der Waals surface area (Å²) >= 11 is 0. The maximum atomic E-state index is 14.1. The van der Waals surface area contributed by atoms with Crippen molar-refractivity contribution in [2.24, 2.45) is 0 Å². The van der Waals surface area contributed by atoms with Gasteiger partial charge in [0.05, 0.1) is 23.9 Å². The lowest BCUT2D eigenvalue weighted by molar-refractivity contribution is -0.115. The van der Waals surface area contributed by atoms with Gasteiger partial charge in [0.1, 0.15) is 11.6 Å². The van der Waals surface area contributed by atoms with E-state index < -0.39 is 11.6 Å². The predicted molar refractivity (Wildman–Crippen MR) is 86.7 cm³/mol. The number of hydrogen-bond donors (Lipinski definition) is 1. The summed E-state index contributed by atoms with van der Waals surface area (Å²) in [5, 5.41) is 11.6. The molecule has 1 heterocycles. The Labute approximate surface area is 138 Å². The normalized spacial score (nSPS) is 13.1. The first-order chi connectivity index (χ1) is 11.6. The van der Waals surface area contributed by atoms with Gasteiger partial charge in [-0.1, -0.05) is 6.07 Å². The molecular weight excluding hydrogens is 312 g/mol. The Morgan fingerprint density at radius 2 is 2.12 bits per heavy atom. The second-order valence-corrected chi connectivity index (χ2v) is 5.66. The van der Waals surface area contributed by atoms with Gasteiger partial charge >= 0.3 is 0 Å². The van der Waals surface area contributed by atoms with Gasteiger partial charge in [0, 0.05) is 18.3 Å². The van der Waals surface area contributed by atoms with Gasteiger partial charge in [0.2, 0.25) is 5.91 Å². The Kier molecular flexibility index (Phi) is 4.43. The fraction of sp³-hybridized carbons (Fsp3) is 0.222. The van der Waals surface area contributed by atoms with Crippen molar-refractivity contribution < 1.29 is 13.6 Å². The monoisotopic (exact) mass is 327 g/mol. The molecule has 0 aliphatic carbocycles. The third-order valence-corrected chi connectivity index (χ3v) is 3.91. The summed E-state index contributed by atoms with van der Waals surface area (Å²) in [7, 11) is 0. The molecule has 1 aliphatic heterocycles. The third-order valence-electron chi connectivity index (χ3n) is 3.91. The highest BCUT2D eigenvalue weighted by Crippen LogP contribution is 2.30. The molecule has 6 heteroatoms. The van der Waals surface area contributed by atoms with E-state index >= 15 is 0 Å². The molecule has 0 saturated carbocycles. The second kappa shape index (κ2) is 6.67. The minimum absolute atomic E-state index is 0.0354. The number of carbonyl (C=O) groups excluding carboxylic acids is 1. The zero-order chi connectivity index (χ0) is 17.1. The van der Waals surface area contributed by atoms with E-state index in [1.807, 2.05) is 6.07 Å².